The van der Waals surface area contributed by atoms with Gasteiger partial charge in [0.15, 0.2) is 6.40 Å². The van der Waals surface area contributed by atoms with E-state index in [0.717, 1.165) is 6.40 Å². The Morgan fingerprint density at radius 3 is 1.90 bits per heavy atom. The third-order valence-corrected chi connectivity index (χ3v) is 6.28. The lowest BCUT2D eigenvalue weighted by atomic mass is 9.97. The van der Waals surface area contributed by atoms with Crippen molar-refractivity contribution in [3.8, 4) is 0 Å². The molecule has 0 spiro atoms. The van der Waals surface area contributed by atoms with Crippen LogP contribution < -0.4 is 0 Å². The molecule has 29 heavy (non-hydrogen) atoms. The first kappa shape index (κ1) is 27.1. The van der Waals surface area contributed by atoms with Crippen molar-refractivity contribution in [3.63, 3.8) is 0 Å². The summed E-state index contributed by atoms with van der Waals surface area (Å²) in [6.45, 7) is 6.84. The molecule has 0 aliphatic heterocycles. The Bertz CT molecular complexity index is 588. The summed E-state index contributed by atoms with van der Waals surface area (Å²) in [6, 6.07) is 0. The van der Waals surface area contributed by atoms with E-state index in [1.54, 1.807) is 27.7 Å². The second-order valence-corrected chi connectivity index (χ2v) is 8.54. The summed E-state index contributed by atoms with van der Waals surface area (Å²) in [4.78, 5) is 40.8. The number of hydrogen-bond donors (Lipinski definition) is 0. The van der Waals surface area contributed by atoms with Gasteiger partial charge >= 0.3 is 17.9 Å². The van der Waals surface area contributed by atoms with Gasteiger partial charge in [0.05, 0.1) is 40.0 Å². The Morgan fingerprint density at radius 2 is 1.45 bits per heavy atom. The summed E-state index contributed by atoms with van der Waals surface area (Å²) in [5, 5.41) is 0. The van der Waals surface area contributed by atoms with Crippen molar-refractivity contribution in [2.75, 3.05) is 45.9 Å². The van der Waals surface area contributed by atoms with Crippen molar-refractivity contribution < 1.29 is 42.4 Å². The number of carbonyl (C=O) groups is 3. The molecule has 0 aromatic carbocycles. The van der Waals surface area contributed by atoms with Crippen molar-refractivity contribution in [2.24, 2.45) is 4.99 Å². The van der Waals surface area contributed by atoms with E-state index in [4.69, 9.17) is 23.5 Å². The highest BCUT2D eigenvalue weighted by Gasteiger charge is 2.50. The number of aliphatic imine (C=N–C) groups is 1. The molecule has 0 amide bonds. The van der Waals surface area contributed by atoms with E-state index in [1.807, 2.05) is 0 Å². The smallest absolute Gasteiger partial charge is 0.345 e. The second-order valence-electron chi connectivity index (χ2n) is 5.76. The maximum absolute atomic E-state index is 13.2. The van der Waals surface area contributed by atoms with E-state index < -0.39 is 30.8 Å². The van der Waals surface area contributed by atoms with Crippen LogP contribution >= 0.6 is 7.37 Å². The van der Waals surface area contributed by atoms with Crippen LogP contribution in [0.2, 0.25) is 0 Å². The fourth-order valence-electron chi connectivity index (χ4n) is 2.40. The average Bonchev–Trinajstić information content (AvgIpc) is 2.68. The minimum Gasteiger partial charge on any atom is -0.487 e. The van der Waals surface area contributed by atoms with E-state index in [1.165, 1.54) is 7.11 Å². The molecule has 0 aliphatic carbocycles. The summed E-state index contributed by atoms with van der Waals surface area (Å²) in [7, 11) is -2.07. The maximum atomic E-state index is 13.2. The van der Waals surface area contributed by atoms with Crippen molar-refractivity contribution in [2.45, 2.75) is 46.1 Å². The molecule has 0 saturated heterocycles. The van der Waals surface area contributed by atoms with Gasteiger partial charge in [0.25, 0.3) is 5.54 Å². The van der Waals surface area contributed by atoms with Gasteiger partial charge in [-0.2, -0.15) is 0 Å². The van der Waals surface area contributed by atoms with Crippen LogP contribution in [0.3, 0.4) is 0 Å². The van der Waals surface area contributed by atoms with E-state index in [2.05, 4.69) is 4.99 Å². The zero-order chi connectivity index (χ0) is 22.3. The SMILES string of the molecule is CCOC(=O)CCP(=O)(CCC(N=COC)(C(=O)OCC)C(=O)OCC)OCC. The fraction of sp³-hybridized carbons (Fsp3) is 0.778. The molecule has 168 valence electrons. The van der Waals surface area contributed by atoms with Crippen LogP contribution in [0.5, 0.6) is 0 Å². The normalized spacial score (nSPS) is 13.6. The lowest BCUT2D eigenvalue weighted by Crippen LogP contribution is -2.48. The molecule has 10 nitrogen and oxygen atoms in total. The fourth-order valence-corrected chi connectivity index (χ4v) is 4.54. The van der Waals surface area contributed by atoms with Gasteiger partial charge in [0.2, 0.25) is 7.37 Å². The van der Waals surface area contributed by atoms with Crippen LogP contribution in [0.25, 0.3) is 0 Å². The summed E-state index contributed by atoms with van der Waals surface area (Å²) in [5.41, 5.74) is -2.08. The van der Waals surface area contributed by atoms with Gasteiger partial charge in [-0.3, -0.25) is 9.36 Å². The first-order valence-electron chi connectivity index (χ1n) is 9.54. The number of rotatable bonds is 15. The molecule has 1 atom stereocenters. The lowest BCUT2D eigenvalue weighted by Gasteiger charge is -2.27. The molecule has 0 radical (unpaired) electrons. The number of hydrogen-bond acceptors (Lipinski definition) is 10. The van der Waals surface area contributed by atoms with Crippen LogP contribution in [0.15, 0.2) is 4.99 Å². The highest BCUT2D eigenvalue weighted by Crippen LogP contribution is 2.49. The van der Waals surface area contributed by atoms with Gasteiger partial charge in [-0.25, -0.2) is 14.6 Å². The maximum Gasteiger partial charge on any atom is 0.345 e. The second kappa shape index (κ2) is 14.1. The topological polar surface area (TPSA) is 127 Å². The molecule has 0 heterocycles. The Morgan fingerprint density at radius 1 is 0.897 bits per heavy atom. The largest absolute Gasteiger partial charge is 0.487 e. The van der Waals surface area contributed by atoms with Crippen LogP contribution in [-0.4, -0.2) is 75.7 Å². The molecule has 0 aliphatic rings. The third-order valence-electron chi connectivity index (χ3n) is 3.75. The number of ether oxygens (including phenoxy) is 4. The molecule has 0 fully saturated rings. The third kappa shape index (κ3) is 8.95. The van der Waals surface area contributed by atoms with Crippen LogP contribution in [0.1, 0.15) is 40.5 Å². The quantitative estimate of drug-likeness (QED) is 0.0946. The van der Waals surface area contributed by atoms with E-state index in [-0.39, 0.29) is 51.6 Å². The Hall–Kier alpha value is -1.93. The molecule has 0 aromatic rings. The highest BCUT2D eigenvalue weighted by molar-refractivity contribution is 7.59. The zero-order valence-electron chi connectivity index (χ0n) is 17.8. The first-order valence-corrected chi connectivity index (χ1v) is 11.5. The Labute approximate surface area is 171 Å². The number of carbonyl (C=O) groups excluding carboxylic acids is 3. The molecule has 1 unspecified atom stereocenters. The summed E-state index contributed by atoms with van der Waals surface area (Å²) in [6.07, 6.45) is 0.231. The Kier molecular flexibility index (Phi) is 13.2. The van der Waals surface area contributed by atoms with Crippen molar-refractivity contribution in [1.29, 1.82) is 0 Å². The molecular formula is C18H32NO9P. The molecule has 0 saturated carbocycles. The van der Waals surface area contributed by atoms with Gasteiger partial charge in [-0.05, 0) is 27.7 Å². The molecular weight excluding hydrogens is 405 g/mol. The summed E-state index contributed by atoms with van der Waals surface area (Å²) < 4.78 is 38.2. The number of methoxy groups -OCH3 is 1. The van der Waals surface area contributed by atoms with Crippen LogP contribution in [-0.2, 0) is 42.4 Å². The van der Waals surface area contributed by atoms with E-state index in [9.17, 15) is 18.9 Å². The van der Waals surface area contributed by atoms with Gasteiger partial charge in [-0.1, -0.05) is 0 Å². The first-order chi connectivity index (χ1) is 13.7. The van der Waals surface area contributed by atoms with Crippen molar-refractivity contribution >= 4 is 31.7 Å². The predicted molar refractivity (Wildman–Crippen MR) is 106 cm³/mol. The molecule has 0 bridgehead atoms. The monoisotopic (exact) mass is 437 g/mol. The van der Waals surface area contributed by atoms with Crippen molar-refractivity contribution in [3.05, 3.63) is 0 Å². The summed E-state index contributed by atoms with van der Waals surface area (Å²) in [5.74, 6) is -2.40. The van der Waals surface area contributed by atoms with Gasteiger partial charge in [-0.15, -0.1) is 0 Å². The standard InChI is InChI=1S/C18H32NO9P/c1-6-25-15(20)10-12-29(23,28-9-4)13-11-18(19-14-24-5,16(21)26-7-2)17(22)27-8-3/h14H,6-13H2,1-5H3. The number of esters is 3. The Balaban J connectivity index is 5.72. The lowest BCUT2D eigenvalue weighted by molar-refractivity contribution is -0.164. The van der Waals surface area contributed by atoms with Crippen LogP contribution in [0.4, 0.5) is 0 Å². The molecule has 0 N–H and O–H groups in total. The predicted octanol–water partition coefficient (Wildman–Crippen LogP) is 2.18. The van der Waals surface area contributed by atoms with Gasteiger partial charge < -0.3 is 23.5 Å². The zero-order valence-corrected chi connectivity index (χ0v) is 18.7. The van der Waals surface area contributed by atoms with Gasteiger partial charge in [0.1, 0.15) is 0 Å². The molecule has 11 heteroatoms. The number of nitrogens with zero attached hydrogens (tertiary/aromatic N) is 1. The van der Waals surface area contributed by atoms with Gasteiger partial charge in [0, 0.05) is 18.7 Å². The summed E-state index contributed by atoms with van der Waals surface area (Å²) >= 11 is 0. The van der Waals surface area contributed by atoms with Crippen molar-refractivity contribution in [1.82, 2.24) is 0 Å². The van der Waals surface area contributed by atoms with E-state index in [0.29, 0.717) is 0 Å². The average molecular weight is 437 g/mol. The van der Waals surface area contributed by atoms with Crippen LogP contribution in [0, 0.1) is 0 Å². The minimum atomic E-state index is -3.37. The highest BCUT2D eigenvalue weighted by atomic mass is 31.2. The van der Waals surface area contributed by atoms with E-state index >= 15 is 0 Å². The molecule has 0 rings (SSSR count). The minimum absolute atomic E-state index is 0.00840. The molecule has 0 aromatic heterocycles.